The van der Waals surface area contributed by atoms with E-state index in [1.54, 1.807) is 17.6 Å². The zero-order valence-electron chi connectivity index (χ0n) is 19.1. The van der Waals surface area contributed by atoms with Crippen molar-refractivity contribution in [2.24, 2.45) is 0 Å². The van der Waals surface area contributed by atoms with Gasteiger partial charge in [-0.15, -0.1) is 0 Å². The Labute approximate surface area is 196 Å². The molecule has 0 atom stereocenters. The first-order valence-corrected chi connectivity index (χ1v) is 11.2. The van der Waals surface area contributed by atoms with Gasteiger partial charge in [-0.2, -0.15) is 0 Å². The van der Waals surface area contributed by atoms with Gasteiger partial charge in [0, 0.05) is 24.2 Å². The molecule has 0 spiro atoms. The molecule has 4 aromatic rings. The Morgan fingerprint density at radius 2 is 1.79 bits per heavy atom. The van der Waals surface area contributed by atoms with Gasteiger partial charge in [-0.1, -0.05) is 36.4 Å². The number of anilines is 1. The van der Waals surface area contributed by atoms with E-state index in [1.165, 1.54) is 7.11 Å². The molecular weight excluding hydrogens is 434 g/mol. The zero-order chi connectivity index (χ0) is 23.7. The third kappa shape index (κ3) is 3.76. The molecule has 8 nitrogen and oxygen atoms in total. The van der Waals surface area contributed by atoms with Crippen molar-refractivity contribution >= 4 is 39.4 Å². The van der Waals surface area contributed by atoms with Gasteiger partial charge in [0.2, 0.25) is 5.82 Å². The summed E-state index contributed by atoms with van der Waals surface area (Å²) in [5.41, 5.74) is 2.93. The fourth-order valence-electron chi connectivity index (χ4n) is 4.41. The van der Waals surface area contributed by atoms with E-state index in [1.807, 2.05) is 48.5 Å². The number of rotatable bonds is 5. The topological polar surface area (TPSA) is 82.9 Å². The lowest BCUT2D eigenvalue weighted by Gasteiger charge is -2.29. The van der Waals surface area contributed by atoms with Gasteiger partial charge in [-0.05, 0) is 30.5 Å². The van der Waals surface area contributed by atoms with Gasteiger partial charge in [0.1, 0.15) is 5.52 Å². The summed E-state index contributed by atoms with van der Waals surface area (Å²) in [7, 11) is 1.34. The number of esters is 2. The van der Waals surface area contributed by atoms with Gasteiger partial charge >= 0.3 is 11.9 Å². The van der Waals surface area contributed by atoms with Crippen LogP contribution >= 0.6 is 0 Å². The maximum absolute atomic E-state index is 13.0. The van der Waals surface area contributed by atoms with E-state index in [4.69, 9.17) is 14.2 Å². The number of methoxy groups -OCH3 is 1. The molecule has 174 valence electrons. The molecule has 0 unspecified atom stereocenters. The average Bonchev–Trinajstić information content (AvgIpc) is 3.27. The molecule has 1 aliphatic rings. The van der Waals surface area contributed by atoms with Crippen LogP contribution < -0.4 is 4.90 Å². The highest BCUT2D eigenvalue weighted by molar-refractivity contribution is 6.07. The van der Waals surface area contributed by atoms with Gasteiger partial charge in [0.05, 0.1) is 43.7 Å². The second-order valence-electron chi connectivity index (χ2n) is 7.94. The van der Waals surface area contributed by atoms with Crippen molar-refractivity contribution in [1.82, 2.24) is 9.55 Å². The molecule has 0 amide bonds. The van der Waals surface area contributed by atoms with Gasteiger partial charge in [0.15, 0.2) is 0 Å². The van der Waals surface area contributed by atoms with E-state index in [0.29, 0.717) is 42.9 Å². The highest BCUT2D eigenvalue weighted by atomic mass is 16.5. The molecule has 3 aromatic carbocycles. The van der Waals surface area contributed by atoms with E-state index < -0.39 is 11.9 Å². The van der Waals surface area contributed by atoms with Crippen LogP contribution in [0, 0.1) is 0 Å². The molecule has 1 aromatic heterocycles. The lowest BCUT2D eigenvalue weighted by molar-refractivity contribution is 0.0509. The Hall–Kier alpha value is -3.91. The van der Waals surface area contributed by atoms with E-state index in [2.05, 4.69) is 9.88 Å². The SMILES string of the molecule is CCOC(=O)c1nc2c(C(=O)OC)cc(N3CCOCC3)cc2n1-c1cccc2ccccc12. The number of nitrogens with zero attached hydrogens (tertiary/aromatic N) is 3. The van der Waals surface area contributed by atoms with Crippen LogP contribution in [0.1, 0.15) is 27.9 Å². The third-order valence-electron chi connectivity index (χ3n) is 5.99. The maximum Gasteiger partial charge on any atom is 0.374 e. The summed E-state index contributed by atoms with van der Waals surface area (Å²) < 4.78 is 17.7. The van der Waals surface area contributed by atoms with Crippen LogP contribution in [0.15, 0.2) is 54.6 Å². The minimum absolute atomic E-state index is 0.109. The number of carbonyl (C=O) groups excluding carboxylic acids is 2. The molecule has 1 fully saturated rings. The van der Waals surface area contributed by atoms with Crippen LogP contribution in [0.3, 0.4) is 0 Å². The predicted molar refractivity (Wildman–Crippen MR) is 129 cm³/mol. The Kier molecular flexibility index (Phi) is 5.90. The Balaban J connectivity index is 1.85. The first-order chi connectivity index (χ1) is 16.6. The Morgan fingerprint density at radius 1 is 1.03 bits per heavy atom. The monoisotopic (exact) mass is 459 g/mol. The van der Waals surface area contributed by atoms with Crippen LogP contribution in [0.5, 0.6) is 0 Å². The molecule has 0 N–H and O–H groups in total. The Morgan fingerprint density at radius 3 is 2.56 bits per heavy atom. The van der Waals surface area contributed by atoms with E-state index in [0.717, 1.165) is 22.1 Å². The number of morpholine rings is 1. The highest BCUT2D eigenvalue weighted by Gasteiger charge is 2.27. The summed E-state index contributed by atoms with van der Waals surface area (Å²) in [6.07, 6.45) is 0. The van der Waals surface area contributed by atoms with E-state index in [-0.39, 0.29) is 12.4 Å². The molecule has 34 heavy (non-hydrogen) atoms. The number of benzene rings is 3. The molecule has 1 aliphatic heterocycles. The normalized spacial score (nSPS) is 13.9. The number of fused-ring (bicyclic) bond motifs is 2. The first-order valence-electron chi connectivity index (χ1n) is 11.2. The summed E-state index contributed by atoms with van der Waals surface area (Å²) in [6, 6.07) is 17.6. The maximum atomic E-state index is 13.0. The minimum atomic E-state index is -0.560. The third-order valence-corrected chi connectivity index (χ3v) is 5.99. The molecule has 8 heteroatoms. The van der Waals surface area contributed by atoms with Crippen LogP contribution in [0.4, 0.5) is 5.69 Å². The zero-order valence-corrected chi connectivity index (χ0v) is 19.1. The van der Waals surface area contributed by atoms with Crippen molar-refractivity contribution in [2.45, 2.75) is 6.92 Å². The molecular formula is C26H25N3O5. The van der Waals surface area contributed by atoms with Crippen LogP contribution in [-0.2, 0) is 14.2 Å². The number of aromatic nitrogens is 2. The summed E-state index contributed by atoms with van der Waals surface area (Å²) in [4.78, 5) is 32.6. The van der Waals surface area contributed by atoms with Gasteiger partial charge < -0.3 is 19.1 Å². The first kappa shape index (κ1) is 21.9. The Bertz CT molecular complexity index is 1380. The van der Waals surface area contributed by atoms with Gasteiger partial charge in [0.25, 0.3) is 0 Å². The summed E-state index contributed by atoms with van der Waals surface area (Å²) in [5.74, 6) is -0.967. The molecule has 5 rings (SSSR count). The van der Waals surface area contributed by atoms with Crippen molar-refractivity contribution in [1.29, 1.82) is 0 Å². The van der Waals surface area contributed by atoms with E-state index in [9.17, 15) is 9.59 Å². The van der Waals surface area contributed by atoms with Crippen molar-refractivity contribution in [3.63, 3.8) is 0 Å². The van der Waals surface area contributed by atoms with E-state index >= 15 is 0 Å². The minimum Gasteiger partial charge on any atom is -0.465 e. The summed E-state index contributed by atoms with van der Waals surface area (Å²) in [6.45, 7) is 4.54. The second kappa shape index (κ2) is 9.15. The van der Waals surface area contributed by atoms with Crippen molar-refractivity contribution in [2.75, 3.05) is 44.9 Å². The van der Waals surface area contributed by atoms with Crippen LogP contribution in [0.25, 0.3) is 27.5 Å². The number of hydrogen-bond acceptors (Lipinski definition) is 7. The standard InChI is InChI=1S/C26H25N3O5/c1-3-34-26(31)24-27-23-20(25(30)32-2)15-18(28-11-13-33-14-12-28)16-22(23)29(24)21-10-6-8-17-7-4-5-9-19(17)21/h4-10,15-16H,3,11-14H2,1-2H3. The van der Waals surface area contributed by atoms with Crippen LogP contribution in [-0.4, -0.2) is 61.5 Å². The van der Waals surface area contributed by atoms with Gasteiger partial charge in [-0.3, -0.25) is 4.57 Å². The molecule has 0 aliphatic carbocycles. The predicted octanol–water partition coefficient (Wildman–Crippen LogP) is 3.98. The molecule has 0 saturated carbocycles. The highest BCUT2D eigenvalue weighted by Crippen LogP contribution is 2.33. The fraction of sp³-hybridized carbons (Fsp3) is 0.269. The lowest BCUT2D eigenvalue weighted by atomic mass is 10.1. The number of carbonyl (C=O) groups is 2. The average molecular weight is 460 g/mol. The van der Waals surface area contributed by atoms with Crippen molar-refractivity contribution < 1.29 is 23.8 Å². The second-order valence-corrected chi connectivity index (χ2v) is 7.94. The fourth-order valence-corrected chi connectivity index (χ4v) is 4.41. The molecule has 0 radical (unpaired) electrons. The lowest BCUT2D eigenvalue weighted by Crippen LogP contribution is -2.36. The number of hydrogen-bond donors (Lipinski definition) is 0. The summed E-state index contributed by atoms with van der Waals surface area (Å²) >= 11 is 0. The number of imidazole rings is 1. The summed E-state index contributed by atoms with van der Waals surface area (Å²) in [5, 5.41) is 1.97. The quantitative estimate of drug-likeness (QED) is 0.418. The van der Waals surface area contributed by atoms with Gasteiger partial charge in [-0.25, -0.2) is 14.6 Å². The van der Waals surface area contributed by atoms with Crippen molar-refractivity contribution in [3.8, 4) is 5.69 Å². The molecule has 1 saturated heterocycles. The molecule has 0 bridgehead atoms. The van der Waals surface area contributed by atoms with Crippen LogP contribution in [0.2, 0.25) is 0 Å². The van der Waals surface area contributed by atoms with Crippen molar-refractivity contribution in [3.05, 3.63) is 66.0 Å². The number of ether oxygens (including phenoxy) is 3. The molecule has 2 heterocycles. The smallest absolute Gasteiger partial charge is 0.374 e. The largest absolute Gasteiger partial charge is 0.465 e.